The van der Waals surface area contributed by atoms with Crippen LogP contribution in [0.4, 0.5) is 0 Å². The lowest BCUT2D eigenvalue weighted by Gasteiger charge is -2.14. The number of hydrogen-bond donors (Lipinski definition) is 0. The number of ether oxygens (including phenoxy) is 4. The average molecular weight is 473 g/mol. The van der Waals surface area contributed by atoms with Crippen LogP contribution in [0, 0.1) is 6.92 Å². The summed E-state index contributed by atoms with van der Waals surface area (Å²) in [6, 6.07) is 17.1. The predicted molar refractivity (Wildman–Crippen MR) is 135 cm³/mol. The Bertz CT molecular complexity index is 1440. The maximum absolute atomic E-state index is 13.6. The molecule has 0 aliphatic carbocycles. The van der Waals surface area contributed by atoms with Gasteiger partial charge >= 0.3 is 0 Å². The van der Waals surface area contributed by atoms with Crippen molar-refractivity contribution in [2.75, 3.05) is 20.3 Å². The Labute approximate surface area is 204 Å². The van der Waals surface area contributed by atoms with Gasteiger partial charge in [0.05, 0.1) is 31.3 Å². The zero-order valence-electron chi connectivity index (χ0n) is 20.2. The average Bonchev–Trinajstić information content (AvgIpc) is 3.12. The van der Waals surface area contributed by atoms with Gasteiger partial charge in [-0.1, -0.05) is 25.1 Å². The Morgan fingerprint density at radius 1 is 0.971 bits per heavy atom. The van der Waals surface area contributed by atoms with Crippen LogP contribution in [-0.4, -0.2) is 20.3 Å². The number of methoxy groups -OCH3 is 1. The van der Waals surface area contributed by atoms with Crippen molar-refractivity contribution < 1.29 is 23.4 Å². The highest BCUT2D eigenvalue weighted by molar-refractivity contribution is 5.85. The molecule has 180 valence electrons. The fraction of sp³-hybridized carbons (Fsp3) is 0.276. The first-order valence-electron chi connectivity index (χ1n) is 11.8. The fourth-order valence-corrected chi connectivity index (χ4v) is 4.37. The molecule has 0 spiro atoms. The Morgan fingerprint density at radius 2 is 1.80 bits per heavy atom. The predicted octanol–water partition coefficient (Wildman–Crippen LogP) is 6.08. The van der Waals surface area contributed by atoms with Crippen molar-refractivity contribution in [3.05, 3.63) is 81.7 Å². The minimum absolute atomic E-state index is 0.0766. The summed E-state index contributed by atoms with van der Waals surface area (Å²) in [5, 5.41) is 0.531. The smallest absolute Gasteiger partial charge is 0.200 e. The summed E-state index contributed by atoms with van der Waals surface area (Å²) in [5.41, 5.74) is 3.64. The Balaban J connectivity index is 1.52. The number of hydrogen-bond acceptors (Lipinski definition) is 6. The van der Waals surface area contributed by atoms with Crippen molar-refractivity contribution >= 4 is 11.0 Å². The molecular formula is C29H28O6. The second kappa shape index (κ2) is 9.74. The van der Waals surface area contributed by atoms with Crippen molar-refractivity contribution in [3.63, 3.8) is 0 Å². The Hall–Kier alpha value is -3.93. The van der Waals surface area contributed by atoms with Gasteiger partial charge in [0.25, 0.3) is 0 Å². The number of fused-ring (bicyclic) bond motifs is 2. The third-order valence-corrected chi connectivity index (χ3v) is 6.20. The van der Waals surface area contributed by atoms with Gasteiger partial charge in [0.15, 0.2) is 11.5 Å². The van der Waals surface area contributed by atoms with Crippen molar-refractivity contribution in [2.24, 2.45) is 0 Å². The van der Waals surface area contributed by atoms with E-state index in [2.05, 4.69) is 0 Å². The second-order valence-electron chi connectivity index (χ2n) is 8.52. The molecule has 5 rings (SSSR count). The van der Waals surface area contributed by atoms with Crippen LogP contribution in [0.15, 0.2) is 63.8 Å². The molecule has 2 heterocycles. The molecule has 1 aliphatic heterocycles. The molecule has 0 bridgehead atoms. The quantitative estimate of drug-likeness (QED) is 0.339. The van der Waals surface area contributed by atoms with Crippen LogP contribution >= 0.6 is 0 Å². The molecule has 6 nitrogen and oxygen atoms in total. The lowest BCUT2D eigenvalue weighted by molar-refractivity contribution is 0.297. The summed E-state index contributed by atoms with van der Waals surface area (Å²) in [6.07, 6.45) is 1.54. The topological polar surface area (TPSA) is 67.1 Å². The van der Waals surface area contributed by atoms with E-state index < -0.39 is 0 Å². The van der Waals surface area contributed by atoms with Gasteiger partial charge in [0.2, 0.25) is 5.43 Å². The SMILES string of the molecule is CCc1cc2c(=O)c(-c3ccc4c(c3)OCCCO4)c(C)oc2cc1OCc1cccc(OC)c1. The molecule has 0 saturated heterocycles. The monoisotopic (exact) mass is 472 g/mol. The highest BCUT2D eigenvalue weighted by Gasteiger charge is 2.19. The number of aryl methyl sites for hydroxylation is 2. The van der Waals surface area contributed by atoms with Gasteiger partial charge in [-0.3, -0.25) is 4.79 Å². The molecule has 0 saturated carbocycles. The lowest BCUT2D eigenvalue weighted by atomic mass is 10.0. The molecule has 0 fully saturated rings. The van der Waals surface area contributed by atoms with E-state index in [1.165, 1.54) is 0 Å². The first-order valence-corrected chi connectivity index (χ1v) is 11.8. The normalized spacial score (nSPS) is 12.9. The van der Waals surface area contributed by atoms with E-state index in [0.29, 0.717) is 59.4 Å². The van der Waals surface area contributed by atoms with E-state index in [-0.39, 0.29) is 5.43 Å². The van der Waals surface area contributed by atoms with Crippen LogP contribution in [0.2, 0.25) is 0 Å². The van der Waals surface area contributed by atoms with Crippen LogP contribution in [-0.2, 0) is 13.0 Å². The largest absolute Gasteiger partial charge is 0.497 e. The van der Waals surface area contributed by atoms with Gasteiger partial charge in [0.1, 0.15) is 29.4 Å². The van der Waals surface area contributed by atoms with E-state index >= 15 is 0 Å². The second-order valence-corrected chi connectivity index (χ2v) is 8.52. The van der Waals surface area contributed by atoms with Crippen LogP contribution < -0.4 is 24.4 Å². The Morgan fingerprint density at radius 3 is 2.60 bits per heavy atom. The van der Waals surface area contributed by atoms with Gasteiger partial charge in [0, 0.05) is 12.5 Å². The molecule has 35 heavy (non-hydrogen) atoms. The van der Waals surface area contributed by atoms with Crippen molar-refractivity contribution in [3.8, 4) is 34.1 Å². The first kappa shape index (κ1) is 22.8. The molecule has 0 amide bonds. The van der Waals surface area contributed by atoms with Crippen molar-refractivity contribution in [1.82, 2.24) is 0 Å². The summed E-state index contributed by atoms with van der Waals surface area (Å²) < 4.78 is 29.2. The molecule has 6 heteroatoms. The van der Waals surface area contributed by atoms with E-state index in [0.717, 1.165) is 35.3 Å². The Kier molecular flexibility index (Phi) is 6.36. The zero-order chi connectivity index (χ0) is 24.4. The molecule has 0 N–H and O–H groups in total. The van der Waals surface area contributed by atoms with E-state index in [1.54, 1.807) is 7.11 Å². The molecule has 0 radical (unpaired) electrons. The number of rotatable bonds is 6. The molecule has 4 aromatic rings. The minimum atomic E-state index is -0.0766. The minimum Gasteiger partial charge on any atom is -0.497 e. The maximum Gasteiger partial charge on any atom is 0.200 e. The molecular weight excluding hydrogens is 444 g/mol. The van der Waals surface area contributed by atoms with Crippen LogP contribution in [0.1, 0.15) is 30.2 Å². The van der Waals surface area contributed by atoms with E-state index in [9.17, 15) is 4.79 Å². The fourth-order valence-electron chi connectivity index (χ4n) is 4.37. The van der Waals surface area contributed by atoms with Crippen LogP contribution in [0.25, 0.3) is 22.1 Å². The van der Waals surface area contributed by atoms with E-state index in [1.807, 2.05) is 68.4 Å². The van der Waals surface area contributed by atoms with Gasteiger partial charge in [-0.25, -0.2) is 0 Å². The van der Waals surface area contributed by atoms with Crippen molar-refractivity contribution in [2.45, 2.75) is 33.3 Å². The van der Waals surface area contributed by atoms with Crippen molar-refractivity contribution in [1.29, 1.82) is 0 Å². The van der Waals surface area contributed by atoms with Gasteiger partial charge < -0.3 is 23.4 Å². The van der Waals surface area contributed by atoms with Gasteiger partial charge in [-0.2, -0.15) is 0 Å². The van der Waals surface area contributed by atoms with Crippen LogP contribution in [0.3, 0.4) is 0 Å². The summed E-state index contributed by atoms with van der Waals surface area (Å²) in [5.74, 6) is 3.37. The summed E-state index contributed by atoms with van der Waals surface area (Å²) >= 11 is 0. The maximum atomic E-state index is 13.6. The molecule has 0 atom stereocenters. The molecule has 1 aliphatic rings. The van der Waals surface area contributed by atoms with Gasteiger partial charge in [-0.05, 0) is 60.4 Å². The molecule has 3 aromatic carbocycles. The molecule has 1 aromatic heterocycles. The van der Waals surface area contributed by atoms with E-state index in [4.69, 9.17) is 23.4 Å². The summed E-state index contributed by atoms with van der Waals surface area (Å²) in [4.78, 5) is 13.6. The first-order chi connectivity index (χ1) is 17.1. The standard InChI is InChI=1S/C29H28O6/c1-4-20-14-23-26(16-25(20)34-17-19-7-5-8-22(13-19)31-3)35-18(2)28(29(23)30)21-9-10-24-27(15-21)33-12-6-11-32-24/h5,7-10,13-16H,4,6,11-12,17H2,1-3H3. The third kappa shape index (κ3) is 4.56. The third-order valence-electron chi connectivity index (χ3n) is 6.20. The van der Waals surface area contributed by atoms with Crippen LogP contribution in [0.5, 0.6) is 23.0 Å². The summed E-state index contributed by atoms with van der Waals surface area (Å²) in [6.45, 7) is 5.43. The zero-order valence-corrected chi connectivity index (χ0v) is 20.2. The molecule has 0 unspecified atom stereocenters. The highest BCUT2D eigenvalue weighted by Crippen LogP contribution is 2.36. The number of benzene rings is 3. The van der Waals surface area contributed by atoms with Gasteiger partial charge in [-0.15, -0.1) is 0 Å². The summed E-state index contributed by atoms with van der Waals surface area (Å²) in [7, 11) is 1.64. The highest BCUT2D eigenvalue weighted by atomic mass is 16.5. The lowest BCUT2D eigenvalue weighted by Crippen LogP contribution is -2.09.